The molecule has 0 spiro atoms. The Balaban J connectivity index is 2.21. The van der Waals surface area contributed by atoms with Crippen molar-refractivity contribution in [1.29, 1.82) is 0 Å². The van der Waals surface area contributed by atoms with Crippen LogP contribution in [-0.4, -0.2) is 61.2 Å². The largest absolute Gasteiger partial charge is 0.354 e. The minimum absolute atomic E-state index is 0.432. The Morgan fingerprint density at radius 3 is 2.26 bits per heavy atom. The van der Waals surface area contributed by atoms with Crippen LogP contribution in [0.15, 0.2) is 0 Å². The smallest absolute Gasteiger partial charge is 0.211 e. The summed E-state index contributed by atoms with van der Waals surface area (Å²) >= 11 is 0. The van der Waals surface area contributed by atoms with Crippen LogP contribution in [0.25, 0.3) is 0 Å². The van der Waals surface area contributed by atoms with Gasteiger partial charge in [-0.15, -0.1) is 0 Å². The lowest BCUT2D eigenvalue weighted by atomic mass is 10.2. The second-order valence-electron chi connectivity index (χ2n) is 4.71. The van der Waals surface area contributed by atoms with Crippen LogP contribution in [0.2, 0.25) is 0 Å². The predicted octanol–water partition coefficient (Wildman–Crippen LogP) is -0.377. The van der Waals surface area contributed by atoms with Crippen molar-refractivity contribution in [3.63, 3.8) is 0 Å². The summed E-state index contributed by atoms with van der Waals surface area (Å²) in [6.45, 7) is 3.78. The zero-order valence-corrected chi connectivity index (χ0v) is 12.1. The second-order valence-corrected chi connectivity index (χ2v) is 6.70. The molecule has 0 bridgehead atoms. The fourth-order valence-corrected chi connectivity index (χ4v) is 3.23. The number of aromatic nitrogens is 2. The molecule has 0 saturated carbocycles. The molecule has 0 radical (unpaired) electrons. The van der Waals surface area contributed by atoms with E-state index in [-0.39, 0.29) is 0 Å². The normalized spacial score (nSPS) is 17.7. The van der Waals surface area contributed by atoms with Crippen LogP contribution in [0, 0.1) is 6.92 Å². The van der Waals surface area contributed by atoms with Gasteiger partial charge in [0.2, 0.25) is 10.0 Å². The molecule has 8 heteroatoms. The lowest BCUT2D eigenvalue weighted by molar-refractivity contribution is 0.112. The van der Waals surface area contributed by atoms with Gasteiger partial charge in [-0.1, -0.05) is 0 Å². The fraction of sp³-hybridized carbons (Fsp3) is 0.636. The van der Waals surface area contributed by atoms with Crippen molar-refractivity contribution in [1.82, 2.24) is 14.1 Å². The van der Waals surface area contributed by atoms with Gasteiger partial charge in [0.15, 0.2) is 6.29 Å². The first-order valence-electron chi connectivity index (χ1n) is 6.03. The minimum atomic E-state index is -3.14. The maximum atomic E-state index is 11.5. The van der Waals surface area contributed by atoms with Gasteiger partial charge in [-0.25, -0.2) is 8.42 Å². The first-order valence-corrected chi connectivity index (χ1v) is 7.88. The standard InChI is InChI=1S/C11H18N4O3S/c1-9-10(8-16)11(13(2)12-9)14-4-6-15(7-5-14)19(3,17)18/h8H,4-7H2,1-3H3. The number of aryl methyl sites for hydroxylation is 2. The average molecular weight is 286 g/mol. The Hall–Kier alpha value is -1.41. The van der Waals surface area contributed by atoms with Gasteiger partial charge >= 0.3 is 0 Å². The quantitative estimate of drug-likeness (QED) is 0.708. The molecule has 0 atom stereocenters. The predicted molar refractivity (Wildman–Crippen MR) is 72.0 cm³/mol. The Labute approximate surface area is 112 Å². The SMILES string of the molecule is Cc1nn(C)c(N2CCN(S(C)(=O)=O)CC2)c1C=O. The lowest BCUT2D eigenvalue weighted by Gasteiger charge is -2.34. The molecular weight excluding hydrogens is 268 g/mol. The number of anilines is 1. The number of nitrogens with zero attached hydrogens (tertiary/aromatic N) is 4. The van der Waals surface area contributed by atoms with Gasteiger partial charge in [-0.2, -0.15) is 9.40 Å². The van der Waals surface area contributed by atoms with E-state index < -0.39 is 10.0 Å². The van der Waals surface area contributed by atoms with E-state index in [0.29, 0.717) is 37.4 Å². The van der Waals surface area contributed by atoms with Crippen molar-refractivity contribution < 1.29 is 13.2 Å². The molecule has 2 rings (SSSR count). The Morgan fingerprint density at radius 2 is 1.79 bits per heavy atom. The molecule has 0 aliphatic carbocycles. The highest BCUT2D eigenvalue weighted by Crippen LogP contribution is 2.23. The maximum absolute atomic E-state index is 11.5. The number of hydrogen-bond donors (Lipinski definition) is 0. The van der Waals surface area contributed by atoms with Crippen LogP contribution < -0.4 is 4.90 Å². The molecule has 0 amide bonds. The fourth-order valence-electron chi connectivity index (χ4n) is 2.41. The molecule has 1 aliphatic heterocycles. The second kappa shape index (κ2) is 4.93. The highest BCUT2D eigenvalue weighted by atomic mass is 32.2. The summed E-state index contributed by atoms with van der Waals surface area (Å²) in [6.07, 6.45) is 2.02. The van der Waals surface area contributed by atoms with Gasteiger partial charge in [0.25, 0.3) is 0 Å². The Bertz CT molecular complexity index is 585. The van der Waals surface area contributed by atoms with Crippen LogP contribution in [0.3, 0.4) is 0 Å². The van der Waals surface area contributed by atoms with E-state index in [2.05, 4.69) is 5.10 Å². The summed E-state index contributed by atoms with van der Waals surface area (Å²) in [5.41, 5.74) is 1.27. The number of hydrogen-bond acceptors (Lipinski definition) is 5. The van der Waals surface area contributed by atoms with Gasteiger partial charge in [0.05, 0.1) is 17.5 Å². The molecule has 19 heavy (non-hydrogen) atoms. The minimum Gasteiger partial charge on any atom is -0.354 e. The number of carbonyl (C=O) groups excluding carboxylic acids is 1. The van der Waals surface area contributed by atoms with Gasteiger partial charge in [-0.3, -0.25) is 9.48 Å². The Morgan fingerprint density at radius 1 is 1.21 bits per heavy atom. The van der Waals surface area contributed by atoms with E-state index in [1.165, 1.54) is 10.6 Å². The number of piperazine rings is 1. The van der Waals surface area contributed by atoms with E-state index in [4.69, 9.17) is 0 Å². The number of sulfonamides is 1. The molecule has 2 heterocycles. The van der Waals surface area contributed by atoms with E-state index in [1.54, 1.807) is 18.7 Å². The molecular formula is C11H18N4O3S. The van der Waals surface area contributed by atoms with Crippen LogP contribution in [-0.2, 0) is 17.1 Å². The summed E-state index contributed by atoms with van der Waals surface area (Å²) in [5, 5.41) is 4.24. The van der Waals surface area contributed by atoms with E-state index in [9.17, 15) is 13.2 Å². The maximum Gasteiger partial charge on any atom is 0.211 e. The van der Waals surface area contributed by atoms with Crippen molar-refractivity contribution in [2.75, 3.05) is 37.3 Å². The van der Waals surface area contributed by atoms with Crippen LogP contribution >= 0.6 is 0 Å². The van der Waals surface area contributed by atoms with Crippen LogP contribution in [0.4, 0.5) is 5.82 Å². The molecule has 7 nitrogen and oxygen atoms in total. The molecule has 0 N–H and O–H groups in total. The third-order valence-electron chi connectivity index (χ3n) is 3.36. The van der Waals surface area contributed by atoms with Gasteiger partial charge in [0.1, 0.15) is 5.82 Å². The molecule has 1 fully saturated rings. The lowest BCUT2D eigenvalue weighted by Crippen LogP contribution is -2.49. The monoisotopic (exact) mass is 286 g/mol. The van der Waals surface area contributed by atoms with Gasteiger partial charge < -0.3 is 4.90 Å². The summed E-state index contributed by atoms with van der Waals surface area (Å²) in [5.74, 6) is 0.764. The number of aldehydes is 1. The van der Waals surface area contributed by atoms with Crippen molar-refractivity contribution >= 4 is 22.1 Å². The summed E-state index contributed by atoms with van der Waals surface area (Å²) in [4.78, 5) is 13.1. The van der Waals surface area contributed by atoms with Crippen molar-refractivity contribution in [2.24, 2.45) is 7.05 Å². The summed E-state index contributed by atoms with van der Waals surface area (Å²) in [6, 6.07) is 0. The molecule has 1 aliphatic rings. The van der Waals surface area contributed by atoms with Crippen LogP contribution in [0.1, 0.15) is 16.1 Å². The van der Waals surface area contributed by atoms with Crippen molar-refractivity contribution in [3.8, 4) is 0 Å². The zero-order chi connectivity index (χ0) is 14.2. The molecule has 0 aromatic carbocycles. The third-order valence-corrected chi connectivity index (χ3v) is 4.67. The third kappa shape index (κ3) is 2.64. The average Bonchev–Trinajstić information content (AvgIpc) is 2.62. The Kier molecular flexibility index (Phi) is 3.64. The molecule has 1 aromatic rings. The topological polar surface area (TPSA) is 75.5 Å². The highest BCUT2D eigenvalue weighted by Gasteiger charge is 2.27. The summed E-state index contributed by atoms with van der Waals surface area (Å²) in [7, 11) is -1.35. The van der Waals surface area contributed by atoms with Crippen molar-refractivity contribution in [3.05, 3.63) is 11.3 Å². The molecule has 1 saturated heterocycles. The number of rotatable bonds is 3. The van der Waals surface area contributed by atoms with E-state index in [1.807, 2.05) is 4.90 Å². The van der Waals surface area contributed by atoms with Crippen LogP contribution in [0.5, 0.6) is 0 Å². The molecule has 0 unspecified atom stereocenters. The first kappa shape index (κ1) is 14.0. The van der Waals surface area contributed by atoms with E-state index in [0.717, 1.165) is 12.1 Å². The first-order chi connectivity index (χ1) is 8.84. The van der Waals surface area contributed by atoms with Gasteiger partial charge in [0, 0.05) is 33.2 Å². The summed E-state index contributed by atoms with van der Waals surface area (Å²) < 4.78 is 26.0. The molecule has 106 valence electrons. The van der Waals surface area contributed by atoms with Crippen molar-refractivity contribution in [2.45, 2.75) is 6.92 Å². The molecule has 1 aromatic heterocycles. The van der Waals surface area contributed by atoms with E-state index >= 15 is 0 Å². The van der Waals surface area contributed by atoms with Gasteiger partial charge in [-0.05, 0) is 6.92 Å². The zero-order valence-electron chi connectivity index (χ0n) is 11.3. The highest BCUT2D eigenvalue weighted by molar-refractivity contribution is 7.88. The number of carbonyl (C=O) groups is 1.